The summed E-state index contributed by atoms with van der Waals surface area (Å²) in [6, 6.07) is 6.66. The first-order chi connectivity index (χ1) is 8.88. The van der Waals surface area contributed by atoms with Crippen LogP contribution in [0.3, 0.4) is 0 Å². The van der Waals surface area contributed by atoms with Crippen LogP contribution in [0.25, 0.3) is 0 Å². The fraction of sp³-hybridized carbons (Fsp3) is 0.647. The first kappa shape index (κ1) is 14.8. The van der Waals surface area contributed by atoms with E-state index in [1.807, 2.05) is 12.1 Å². The van der Waals surface area contributed by atoms with Gasteiger partial charge in [0.15, 0.2) is 0 Å². The van der Waals surface area contributed by atoms with Crippen LogP contribution < -0.4 is 0 Å². The van der Waals surface area contributed by atoms with Crippen LogP contribution in [0.5, 0.6) is 0 Å². The molecule has 0 aliphatic heterocycles. The second kappa shape index (κ2) is 5.83. The van der Waals surface area contributed by atoms with Crippen LogP contribution in [0.1, 0.15) is 57.4 Å². The molecule has 0 radical (unpaired) electrons. The molecule has 1 aromatic rings. The standard InChI is InChI=1S/C17H24ClF/c1-17(2,3)14-8-4-12(5-9-14)16(18)13-6-10-15(19)11-7-13/h6-7,10-12,14,16H,4-5,8-9H2,1-3H3. The van der Waals surface area contributed by atoms with Crippen molar-refractivity contribution < 1.29 is 4.39 Å². The fourth-order valence-corrected chi connectivity index (χ4v) is 3.59. The average molecular weight is 283 g/mol. The lowest BCUT2D eigenvalue weighted by Crippen LogP contribution is -2.27. The van der Waals surface area contributed by atoms with Crippen LogP contribution >= 0.6 is 11.6 Å². The third-order valence-electron chi connectivity index (χ3n) is 4.60. The van der Waals surface area contributed by atoms with Gasteiger partial charge in [-0.05, 0) is 60.6 Å². The Morgan fingerprint density at radius 3 is 2.05 bits per heavy atom. The second-order valence-electron chi connectivity index (χ2n) is 6.93. The van der Waals surface area contributed by atoms with E-state index < -0.39 is 0 Å². The Morgan fingerprint density at radius 2 is 1.58 bits per heavy atom. The monoisotopic (exact) mass is 282 g/mol. The molecule has 1 aromatic carbocycles. The van der Waals surface area contributed by atoms with Crippen molar-refractivity contribution in [1.29, 1.82) is 0 Å². The van der Waals surface area contributed by atoms with Crippen molar-refractivity contribution >= 4 is 11.6 Å². The number of benzene rings is 1. The van der Waals surface area contributed by atoms with Gasteiger partial charge in [0.05, 0.1) is 5.38 Å². The van der Waals surface area contributed by atoms with Gasteiger partial charge in [-0.15, -0.1) is 11.6 Å². The lowest BCUT2D eigenvalue weighted by molar-refractivity contribution is 0.148. The molecule has 1 saturated carbocycles. The summed E-state index contributed by atoms with van der Waals surface area (Å²) in [5.74, 6) is 1.15. The van der Waals surface area contributed by atoms with Crippen LogP contribution in [0, 0.1) is 23.1 Å². The van der Waals surface area contributed by atoms with Crippen molar-refractivity contribution in [3.05, 3.63) is 35.6 Å². The summed E-state index contributed by atoms with van der Waals surface area (Å²) in [4.78, 5) is 0. The first-order valence-electron chi connectivity index (χ1n) is 7.27. The predicted molar refractivity (Wildman–Crippen MR) is 79.9 cm³/mol. The molecule has 2 rings (SSSR count). The van der Waals surface area contributed by atoms with Crippen LogP contribution in [-0.2, 0) is 0 Å². The summed E-state index contributed by atoms with van der Waals surface area (Å²) in [7, 11) is 0. The molecule has 1 unspecified atom stereocenters. The Morgan fingerprint density at radius 1 is 1.05 bits per heavy atom. The van der Waals surface area contributed by atoms with Gasteiger partial charge in [-0.2, -0.15) is 0 Å². The molecule has 0 nitrogen and oxygen atoms in total. The maximum atomic E-state index is 12.9. The molecule has 19 heavy (non-hydrogen) atoms. The molecule has 0 saturated heterocycles. The maximum Gasteiger partial charge on any atom is 0.123 e. The number of rotatable bonds is 2. The highest BCUT2D eigenvalue weighted by atomic mass is 35.5. The Hall–Kier alpha value is -0.560. The van der Waals surface area contributed by atoms with Crippen LogP contribution in [-0.4, -0.2) is 0 Å². The quantitative estimate of drug-likeness (QED) is 0.587. The largest absolute Gasteiger partial charge is 0.207 e. The normalized spacial score (nSPS) is 26.2. The summed E-state index contributed by atoms with van der Waals surface area (Å²) >= 11 is 6.58. The zero-order chi connectivity index (χ0) is 14.0. The van der Waals surface area contributed by atoms with E-state index in [2.05, 4.69) is 20.8 Å². The van der Waals surface area contributed by atoms with Crippen LogP contribution in [0.2, 0.25) is 0 Å². The number of alkyl halides is 1. The maximum absolute atomic E-state index is 12.9. The molecule has 0 N–H and O–H groups in total. The van der Waals surface area contributed by atoms with E-state index in [9.17, 15) is 4.39 Å². The molecule has 0 amide bonds. The third kappa shape index (κ3) is 3.72. The van der Waals surface area contributed by atoms with Crippen molar-refractivity contribution in [2.45, 2.75) is 51.8 Å². The lowest BCUT2D eigenvalue weighted by Gasteiger charge is -2.38. The SMILES string of the molecule is CC(C)(C)C1CCC(C(Cl)c2ccc(F)cc2)CC1. The summed E-state index contributed by atoms with van der Waals surface area (Å²) < 4.78 is 12.9. The van der Waals surface area contributed by atoms with Gasteiger partial charge < -0.3 is 0 Å². The van der Waals surface area contributed by atoms with Gasteiger partial charge in [-0.25, -0.2) is 4.39 Å². The predicted octanol–water partition coefficient (Wildman–Crippen LogP) is 5.96. The van der Waals surface area contributed by atoms with Gasteiger partial charge in [0.1, 0.15) is 5.82 Å². The zero-order valence-electron chi connectivity index (χ0n) is 12.1. The van der Waals surface area contributed by atoms with Gasteiger partial charge in [0.25, 0.3) is 0 Å². The lowest BCUT2D eigenvalue weighted by atomic mass is 9.69. The van der Waals surface area contributed by atoms with Crippen LogP contribution in [0.4, 0.5) is 4.39 Å². The molecule has 1 aliphatic rings. The fourth-order valence-electron chi connectivity index (χ4n) is 3.20. The molecule has 0 bridgehead atoms. The smallest absolute Gasteiger partial charge is 0.123 e. The summed E-state index contributed by atoms with van der Waals surface area (Å²) in [5.41, 5.74) is 1.46. The molecular weight excluding hydrogens is 259 g/mol. The van der Waals surface area contributed by atoms with Gasteiger partial charge in [0, 0.05) is 0 Å². The molecule has 2 heteroatoms. The first-order valence-corrected chi connectivity index (χ1v) is 7.71. The number of hydrogen-bond acceptors (Lipinski definition) is 0. The van der Waals surface area contributed by atoms with Crippen molar-refractivity contribution in [3.63, 3.8) is 0 Å². The van der Waals surface area contributed by atoms with Crippen molar-refractivity contribution in [2.75, 3.05) is 0 Å². The van der Waals surface area contributed by atoms with E-state index in [-0.39, 0.29) is 11.2 Å². The minimum absolute atomic E-state index is 0.0292. The van der Waals surface area contributed by atoms with E-state index in [1.165, 1.54) is 37.8 Å². The van der Waals surface area contributed by atoms with Crippen molar-refractivity contribution in [3.8, 4) is 0 Å². The number of hydrogen-bond donors (Lipinski definition) is 0. The van der Waals surface area contributed by atoms with Gasteiger partial charge in [0.2, 0.25) is 0 Å². The van der Waals surface area contributed by atoms with Gasteiger partial charge in [-0.1, -0.05) is 32.9 Å². The average Bonchev–Trinajstić information content (AvgIpc) is 2.38. The minimum Gasteiger partial charge on any atom is -0.207 e. The Kier molecular flexibility index (Phi) is 4.55. The van der Waals surface area contributed by atoms with E-state index in [4.69, 9.17) is 11.6 Å². The third-order valence-corrected chi connectivity index (χ3v) is 5.21. The molecule has 1 aliphatic carbocycles. The molecule has 1 fully saturated rings. The van der Waals surface area contributed by atoms with Gasteiger partial charge in [-0.3, -0.25) is 0 Å². The molecule has 0 spiro atoms. The number of halogens is 2. The highest BCUT2D eigenvalue weighted by Crippen LogP contribution is 2.45. The molecule has 0 heterocycles. The highest BCUT2D eigenvalue weighted by Gasteiger charge is 2.32. The van der Waals surface area contributed by atoms with E-state index in [1.54, 1.807) is 0 Å². The Labute approximate surface area is 121 Å². The zero-order valence-corrected chi connectivity index (χ0v) is 12.9. The Balaban J connectivity index is 1.96. The topological polar surface area (TPSA) is 0 Å². The van der Waals surface area contributed by atoms with Crippen molar-refractivity contribution in [2.24, 2.45) is 17.3 Å². The molecular formula is C17H24ClF. The summed E-state index contributed by atoms with van der Waals surface area (Å²) in [6.45, 7) is 6.99. The van der Waals surface area contributed by atoms with E-state index in [0.717, 1.165) is 11.5 Å². The highest BCUT2D eigenvalue weighted by molar-refractivity contribution is 6.21. The van der Waals surface area contributed by atoms with Crippen LogP contribution in [0.15, 0.2) is 24.3 Å². The molecule has 106 valence electrons. The summed E-state index contributed by atoms with van der Waals surface area (Å²) in [6.07, 6.45) is 4.90. The van der Waals surface area contributed by atoms with Crippen molar-refractivity contribution in [1.82, 2.24) is 0 Å². The van der Waals surface area contributed by atoms with E-state index in [0.29, 0.717) is 11.3 Å². The minimum atomic E-state index is -0.191. The van der Waals surface area contributed by atoms with E-state index >= 15 is 0 Å². The van der Waals surface area contributed by atoms with Gasteiger partial charge >= 0.3 is 0 Å². The molecule has 1 atom stereocenters. The molecule has 0 aromatic heterocycles. The second-order valence-corrected chi connectivity index (χ2v) is 7.40. The summed E-state index contributed by atoms with van der Waals surface area (Å²) in [5, 5.41) is 0.0292. The Bertz CT molecular complexity index is 396.